The Morgan fingerprint density at radius 2 is 1.48 bits per heavy atom. The lowest BCUT2D eigenvalue weighted by molar-refractivity contribution is -0.354. The Bertz CT molecular complexity index is 1490. The fourth-order valence-corrected chi connectivity index (χ4v) is 6.19. The summed E-state index contributed by atoms with van der Waals surface area (Å²) < 4.78 is 39.7. The van der Waals surface area contributed by atoms with Gasteiger partial charge in [0.05, 0.1) is 25.7 Å². The van der Waals surface area contributed by atoms with Crippen molar-refractivity contribution in [1.29, 1.82) is 0 Å². The van der Waals surface area contributed by atoms with Crippen molar-refractivity contribution in [2.24, 2.45) is 0 Å². The van der Waals surface area contributed by atoms with E-state index in [1.807, 2.05) is 0 Å². The number of ketones is 1. The lowest BCUT2D eigenvalue weighted by atomic mass is 9.95. The molecule has 50 heavy (non-hydrogen) atoms. The lowest BCUT2D eigenvalue weighted by Crippen LogP contribution is -2.65. The molecule has 2 aromatic rings. The number of aliphatic hydroxyl groups is 8. The molecule has 18 heteroatoms. The van der Waals surface area contributed by atoms with Crippen molar-refractivity contribution in [3.63, 3.8) is 0 Å². The van der Waals surface area contributed by atoms with E-state index in [4.69, 9.17) is 33.2 Å². The van der Waals surface area contributed by atoms with Crippen molar-refractivity contribution >= 4 is 5.78 Å². The standard InChI is InChI=1S/C32H40O18/c1-11-22(37)25(40)27(42)31(46-11)50-29-24(39)20(10-45-30-26(41)23(38)17(36)9-44-30)49-32(28(29)43)47-14-6-15(34)21-16(35)8-18(48-19(21)7-14)12-2-4-13(33)5-3-12/h2-7,11,17-18,20,22-34,36-43H,8-10H2,1H3/t11-,17?,18?,20+,22-,23?,24+,25+,26?,27+,28+,29-,30?,31-,32+/m0/s1. The second-order valence-corrected chi connectivity index (χ2v) is 12.6. The number of phenolic OH excluding ortho intramolecular Hbond substituents is 2. The maximum Gasteiger partial charge on any atom is 0.229 e. The van der Waals surface area contributed by atoms with E-state index in [1.54, 1.807) is 12.1 Å². The first-order valence-electron chi connectivity index (χ1n) is 15.9. The SMILES string of the molecule is C[C@@H]1O[C@@H](O[C@@H]2[C@@H](O)[C@H](Oc3cc(O)c4c(c3)OC(c3ccc(O)cc3)CC4=O)O[C@H](COC3OCC(O)C(O)C3O)[C@H]2O)[C@H](O)[C@H](O)[C@H]1O. The van der Waals surface area contributed by atoms with Gasteiger partial charge in [-0.2, -0.15) is 0 Å². The Balaban J connectivity index is 1.24. The van der Waals surface area contributed by atoms with Crippen LogP contribution in [0.5, 0.6) is 23.0 Å². The predicted molar refractivity (Wildman–Crippen MR) is 161 cm³/mol. The van der Waals surface area contributed by atoms with Crippen molar-refractivity contribution in [1.82, 2.24) is 0 Å². The molecule has 6 rings (SSSR count). The van der Waals surface area contributed by atoms with Crippen LogP contribution in [0.15, 0.2) is 36.4 Å². The largest absolute Gasteiger partial charge is 0.508 e. The minimum atomic E-state index is -1.87. The molecule has 0 saturated carbocycles. The molecular formula is C32H40O18. The molecule has 0 aromatic heterocycles. The molecule has 276 valence electrons. The van der Waals surface area contributed by atoms with Crippen LogP contribution in [-0.2, 0) is 23.7 Å². The molecule has 4 aliphatic rings. The van der Waals surface area contributed by atoms with E-state index in [0.717, 1.165) is 6.07 Å². The fraction of sp³-hybridized carbons (Fsp3) is 0.594. The van der Waals surface area contributed by atoms with Crippen molar-refractivity contribution in [3.8, 4) is 23.0 Å². The zero-order valence-electron chi connectivity index (χ0n) is 26.5. The van der Waals surface area contributed by atoms with Crippen LogP contribution in [0.2, 0.25) is 0 Å². The molecule has 0 aliphatic carbocycles. The third kappa shape index (κ3) is 7.26. The highest BCUT2D eigenvalue weighted by Gasteiger charge is 2.51. The minimum Gasteiger partial charge on any atom is -0.508 e. The first kappa shape index (κ1) is 36.6. The number of carbonyl (C=O) groups excluding carboxylic acids is 1. The van der Waals surface area contributed by atoms with Crippen molar-refractivity contribution in [2.75, 3.05) is 13.2 Å². The van der Waals surface area contributed by atoms with Gasteiger partial charge < -0.3 is 84.2 Å². The summed E-state index contributed by atoms with van der Waals surface area (Å²) in [6, 6.07) is 8.36. The molecule has 3 fully saturated rings. The summed E-state index contributed by atoms with van der Waals surface area (Å²) >= 11 is 0. The van der Waals surface area contributed by atoms with Crippen molar-refractivity contribution in [3.05, 3.63) is 47.5 Å². The zero-order chi connectivity index (χ0) is 36.0. The molecule has 0 spiro atoms. The number of fused-ring (bicyclic) bond motifs is 1. The molecule has 2 aromatic carbocycles. The Morgan fingerprint density at radius 3 is 2.20 bits per heavy atom. The van der Waals surface area contributed by atoms with E-state index in [-0.39, 0.29) is 35.8 Å². The van der Waals surface area contributed by atoms with Crippen LogP contribution in [-0.4, -0.2) is 156 Å². The number of hydrogen-bond donors (Lipinski definition) is 10. The second kappa shape index (κ2) is 14.8. The van der Waals surface area contributed by atoms with Crippen LogP contribution in [0.25, 0.3) is 0 Å². The minimum absolute atomic E-state index is 0.0124. The Hall–Kier alpha value is -3.21. The summed E-state index contributed by atoms with van der Waals surface area (Å²) in [4.78, 5) is 13.0. The highest BCUT2D eigenvalue weighted by Crippen LogP contribution is 2.43. The van der Waals surface area contributed by atoms with E-state index < -0.39 is 110 Å². The maximum absolute atomic E-state index is 13.0. The van der Waals surface area contributed by atoms with Gasteiger partial charge in [-0.3, -0.25) is 4.79 Å². The van der Waals surface area contributed by atoms with Crippen LogP contribution in [0.4, 0.5) is 0 Å². The van der Waals surface area contributed by atoms with E-state index >= 15 is 0 Å². The number of carbonyl (C=O) groups is 1. The number of hydrogen-bond acceptors (Lipinski definition) is 18. The number of benzene rings is 2. The van der Waals surface area contributed by atoms with Gasteiger partial charge in [-0.1, -0.05) is 12.1 Å². The zero-order valence-corrected chi connectivity index (χ0v) is 26.5. The van der Waals surface area contributed by atoms with Crippen molar-refractivity contribution < 1.29 is 89.0 Å². The molecule has 3 saturated heterocycles. The highest BCUT2D eigenvalue weighted by atomic mass is 16.7. The summed E-state index contributed by atoms with van der Waals surface area (Å²) in [6.07, 6.45) is -23.2. The normalized spacial score (nSPS) is 40.5. The number of phenols is 2. The highest BCUT2D eigenvalue weighted by molar-refractivity contribution is 6.02. The molecule has 5 unspecified atom stereocenters. The van der Waals surface area contributed by atoms with E-state index in [2.05, 4.69) is 0 Å². The van der Waals surface area contributed by atoms with Gasteiger partial charge in [0, 0.05) is 12.1 Å². The Morgan fingerprint density at radius 1 is 0.780 bits per heavy atom. The first-order chi connectivity index (χ1) is 23.7. The molecule has 10 N–H and O–H groups in total. The summed E-state index contributed by atoms with van der Waals surface area (Å²) in [5.74, 6) is -1.15. The van der Waals surface area contributed by atoms with Gasteiger partial charge in [0.1, 0.15) is 95.7 Å². The monoisotopic (exact) mass is 712 g/mol. The molecule has 4 aliphatic heterocycles. The van der Waals surface area contributed by atoms with Gasteiger partial charge in [0.25, 0.3) is 0 Å². The number of aromatic hydroxyl groups is 2. The average molecular weight is 713 g/mol. The Kier molecular flexibility index (Phi) is 10.8. The van der Waals surface area contributed by atoms with Gasteiger partial charge in [0.15, 0.2) is 18.4 Å². The molecule has 0 amide bonds. The molecule has 0 radical (unpaired) electrons. The smallest absolute Gasteiger partial charge is 0.229 e. The van der Waals surface area contributed by atoms with Crippen LogP contribution in [0.1, 0.15) is 35.4 Å². The lowest BCUT2D eigenvalue weighted by Gasteiger charge is -2.46. The average Bonchev–Trinajstić information content (AvgIpc) is 3.08. The summed E-state index contributed by atoms with van der Waals surface area (Å²) in [5.41, 5.74) is 0.459. The number of rotatable bonds is 8. The van der Waals surface area contributed by atoms with Crippen LogP contribution in [0, 0.1) is 0 Å². The van der Waals surface area contributed by atoms with E-state index in [1.165, 1.54) is 25.1 Å². The second-order valence-electron chi connectivity index (χ2n) is 12.6. The third-order valence-electron chi connectivity index (χ3n) is 9.11. The quantitative estimate of drug-likeness (QED) is 0.133. The molecular weight excluding hydrogens is 672 g/mol. The summed E-state index contributed by atoms with van der Waals surface area (Å²) in [6.45, 7) is 0.444. The van der Waals surface area contributed by atoms with Crippen LogP contribution >= 0.6 is 0 Å². The van der Waals surface area contributed by atoms with E-state index in [9.17, 15) is 55.9 Å². The Labute approximate surface area is 284 Å². The molecule has 15 atom stereocenters. The molecule has 4 heterocycles. The van der Waals surface area contributed by atoms with E-state index in [0.29, 0.717) is 5.56 Å². The molecule has 0 bridgehead atoms. The van der Waals surface area contributed by atoms with Crippen LogP contribution in [0.3, 0.4) is 0 Å². The number of ether oxygens (including phenoxy) is 7. The van der Waals surface area contributed by atoms with Gasteiger partial charge in [0.2, 0.25) is 6.29 Å². The topological polar surface area (TPSA) is 284 Å². The van der Waals surface area contributed by atoms with Gasteiger partial charge in [-0.15, -0.1) is 0 Å². The molecule has 18 nitrogen and oxygen atoms in total. The van der Waals surface area contributed by atoms with Crippen LogP contribution < -0.4 is 9.47 Å². The summed E-state index contributed by atoms with van der Waals surface area (Å²) in [5, 5.41) is 104. The maximum atomic E-state index is 13.0. The summed E-state index contributed by atoms with van der Waals surface area (Å²) in [7, 11) is 0. The van der Waals surface area contributed by atoms with Crippen molar-refractivity contribution in [2.45, 2.75) is 105 Å². The number of Topliss-reactive ketones (excluding diaryl/α,β-unsaturated/α-hetero) is 1. The first-order valence-corrected chi connectivity index (χ1v) is 15.9. The van der Waals surface area contributed by atoms with Gasteiger partial charge in [-0.05, 0) is 24.6 Å². The van der Waals surface area contributed by atoms with Gasteiger partial charge in [-0.25, -0.2) is 0 Å². The van der Waals surface area contributed by atoms with Gasteiger partial charge >= 0.3 is 0 Å². The third-order valence-corrected chi connectivity index (χ3v) is 9.11. The predicted octanol–water partition coefficient (Wildman–Crippen LogP) is -2.70. The number of aliphatic hydroxyl groups excluding tert-OH is 8. The fourth-order valence-electron chi connectivity index (χ4n) is 6.19.